The molecule has 1 atom stereocenters. The molecule has 1 amide bonds. The van der Waals surface area contributed by atoms with Gasteiger partial charge in [-0.05, 0) is 55.0 Å². The first-order valence-corrected chi connectivity index (χ1v) is 15.0. The van der Waals surface area contributed by atoms with E-state index >= 15 is 0 Å². The quantitative estimate of drug-likeness (QED) is 0.186. The summed E-state index contributed by atoms with van der Waals surface area (Å²) in [6.45, 7) is 6.82. The number of benzene rings is 3. The lowest BCUT2D eigenvalue weighted by atomic mass is 9.94. The van der Waals surface area contributed by atoms with Gasteiger partial charge in [-0.15, -0.1) is 5.10 Å². The molecule has 10 heteroatoms. The van der Waals surface area contributed by atoms with Gasteiger partial charge in [0.2, 0.25) is 11.1 Å². The molecule has 0 spiro atoms. The van der Waals surface area contributed by atoms with Gasteiger partial charge in [0.25, 0.3) is 5.91 Å². The highest BCUT2D eigenvalue weighted by molar-refractivity contribution is 7.99. The third-order valence-corrected chi connectivity index (χ3v) is 7.50. The molecule has 0 radical (unpaired) electrons. The van der Waals surface area contributed by atoms with Crippen LogP contribution in [0.5, 0.6) is 17.2 Å². The van der Waals surface area contributed by atoms with Gasteiger partial charge in [-0.1, -0.05) is 67.2 Å². The number of nitrogens with zero attached hydrogens (tertiary/aromatic N) is 3. The monoisotopic (exact) mass is 585 g/mol. The van der Waals surface area contributed by atoms with Crippen LogP contribution >= 0.6 is 11.8 Å². The zero-order valence-corrected chi connectivity index (χ0v) is 25.0. The van der Waals surface area contributed by atoms with Crippen molar-refractivity contribution in [2.45, 2.75) is 38.4 Å². The van der Waals surface area contributed by atoms with E-state index in [1.165, 1.54) is 5.56 Å². The number of hydrogen-bond donors (Lipinski definition) is 2. The largest absolute Gasteiger partial charge is 0.493 e. The second-order valence-corrected chi connectivity index (χ2v) is 10.8. The number of aromatic nitrogens is 3. The van der Waals surface area contributed by atoms with Gasteiger partial charge in [0.1, 0.15) is 11.8 Å². The predicted molar refractivity (Wildman–Crippen MR) is 166 cm³/mol. The van der Waals surface area contributed by atoms with Gasteiger partial charge in [0.15, 0.2) is 11.5 Å². The normalized spacial score (nSPS) is 14.1. The Balaban J connectivity index is 1.48. The molecule has 4 aromatic rings. The third-order valence-electron chi connectivity index (χ3n) is 6.78. The number of fused-ring (bicyclic) bond motifs is 1. The van der Waals surface area contributed by atoms with Crippen LogP contribution in [0, 0.1) is 0 Å². The first-order chi connectivity index (χ1) is 20.5. The maximum atomic E-state index is 14.0. The van der Waals surface area contributed by atoms with Gasteiger partial charge in [0.05, 0.1) is 31.6 Å². The summed E-state index contributed by atoms with van der Waals surface area (Å²) in [6.07, 6.45) is 0.774. The summed E-state index contributed by atoms with van der Waals surface area (Å²) in [5, 5.41) is 11.8. The molecule has 0 fully saturated rings. The summed E-state index contributed by atoms with van der Waals surface area (Å²) in [6, 6.07) is 22.8. The van der Waals surface area contributed by atoms with E-state index in [4.69, 9.17) is 19.3 Å². The molecule has 0 saturated carbocycles. The lowest BCUT2D eigenvalue weighted by Gasteiger charge is -2.29. The molecule has 218 valence electrons. The van der Waals surface area contributed by atoms with Gasteiger partial charge in [-0.2, -0.15) is 4.98 Å². The Labute approximate surface area is 250 Å². The first-order valence-electron chi connectivity index (χ1n) is 14.0. The number of carbonyl (C=O) groups is 1. The van der Waals surface area contributed by atoms with Crippen LogP contribution in [-0.2, 0) is 11.2 Å². The summed E-state index contributed by atoms with van der Waals surface area (Å²) in [5.41, 5.74) is 3.79. The molecule has 42 heavy (non-hydrogen) atoms. The predicted octanol–water partition coefficient (Wildman–Crippen LogP) is 6.35. The minimum Gasteiger partial charge on any atom is -0.493 e. The van der Waals surface area contributed by atoms with E-state index in [1.807, 2.05) is 74.5 Å². The molecular weight excluding hydrogens is 550 g/mol. The molecule has 1 aliphatic heterocycles. The van der Waals surface area contributed by atoms with Crippen LogP contribution in [0.4, 0.5) is 11.6 Å². The zero-order chi connectivity index (χ0) is 29.5. The van der Waals surface area contributed by atoms with Crippen molar-refractivity contribution < 1.29 is 19.0 Å². The summed E-state index contributed by atoms with van der Waals surface area (Å²) < 4.78 is 19.4. The number of nitrogens with one attached hydrogen (secondary N) is 2. The molecule has 2 N–H and O–H groups in total. The number of hydrogen-bond acceptors (Lipinski definition) is 8. The molecule has 1 aromatic heterocycles. The number of ether oxygens (including phenoxy) is 3. The molecule has 5 rings (SSSR count). The van der Waals surface area contributed by atoms with Gasteiger partial charge < -0.3 is 24.8 Å². The van der Waals surface area contributed by atoms with E-state index in [0.29, 0.717) is 58.5 Å². The summed E-state index contributed by atoms with van der Waals surface area (Å²) >= 11 is 1.54. The van der Waals surface area contributed by atoms with Crippen molar-refractivity contribution in [3.63, 3.8) is 0 Å². The summed E-state index contributed by atoms with van der Waals surface area (Å²) in [5.74, 6) is 2.93. The van der Waals surface area contributed by atoms with Gasteiger partial charge >= 0.3 is 0 Å². The maximum absolute atomic E-state index is 14.0. The van der Waals surface area contributed by atoms with Crippen molar-refractivity contribution in [3.8, 4) is 17.2 Å². The fraction of sp³-hybridized carbons (Fsp3) is 0.281. The lowest BCUT2D eigenvalue weighted by molar-refractivity contribution is -0.113. The van der Waals surface area contributed by atoms with E-state index in [9.17, 15) is 4.79 Å². The van der Waals surface area contributed by atoms with E-state index < -0.39 is 6.04 Å². The fourth-order valence-electron chi connectivity index (χ4n) is 4.86. The number of allylic oxidation sites excluding steroid dienone is 1. The Morgan fingerprint density at radius 3 is 2.55 bits per heavy atom. The van der Waals surface area contributed by atoms with Crippen LogP contribution in [0.15, 0.2) is 89.2 Å². The molecular formula is C32H35N5O4S. The second-order valence-electron chi connectivity index (χ2n) is 9.54. The topological polar surface area (TPSA) is 99.5 Å². The summed E-state index contributed by atoms with van der Waals surface area (Å²) in [4.78, 5) is 18.6. The average Bonchev–Trinajstić information content (AvgIpc) is 3.40. The number of methoxy groups -OCH3 is 1. The number of anilines is 2. The van der Waals surface area contributed by atoms with Crippen molar-refractivity contribution in [2.24, 2.45) is 0 Å². The Bertz CT molecular complexity index is 1570. The van der Waals surface area contributed by atoms with Gasteiger partial charge in [-0.3, -0.25) is 4.79 Å². The van der Waals surface area contributed by atoms with Crippen LogP contribution in [0.3, 0.4) is 0 Å². The lowest BCUT2D eigenvalue weighted by Crippen LogP contribution is -2.31. The molecule has 0 saturated heterocycles. The second kappa shape index (κ2) is 13.5. The van der Waals surface area contributed by atoms with Gasteiger partial charge in [-0.25, -0.2) is 4.68 Å². The molecule has 1 unspecified atom stereocenters. The SMILES string of the molecule is CCOc1ccccc1NC(=O)C1=C(C)Nc2nc(SCC)nn2C1c1ccc(OCCc2ccccc2)c(OC)c1. The standard InChI is InChI=1S/C32H35N5O4S/c1-5-40-25-15-11-10-14-24(25)34-30(38)28-21(3)33-31-35-32(42-6-2)36-37(31)29(28)23-16-17-26(27(20-23)39-4)41-19-18-22-12-8-7-9-13-22/h7-17,20,29H,5-6,18-19H2,1-4H3,(H,34,38)(H,33,35,36). The van der Waals surface area contributed by atoms with Crippen molar-refractivity contribution in [2.75, 3.05) is 36.7 Å². The maximum Gasteiger partial charge on any atom is 0.255 e. The van der Waals surface area contributed by atoms with Crippen LogP contribution in [0.25, 0.3) is 0 Å². The van der Waals surface area contributed by atoms with Crippen LogP contribution < -0.4 is 24.8 Å². The third kappa shape index (κ3) is 6.38. The number of thioether (sulfide) groups is 1. The summed E-state index contributed by atoms with van der Waals surface area (Å²) in [7, 11) is 1.61. The Hall–Kier alpha value is -4.44. The van der Waals surface area contributed by atoms with E-state index in [-0.39, 0.29) is 5.91 Å². The molecule has 3 aromatic carbocycles. The minimum absolute atomic E-state index is 0.273. The zero-order valence-electron chi connectivity index (χ0n) is 24.2. The van der Waals surface area contributed by atoms with Crippen molar-refractivity contribution in [3.05, 3.63) is 95.2 Å². The average molecular weight is 586 g/mol. The fourth-order valence-corrected chi connectivity index (χ4v) is 5.42. The molecule has 1 aliphatic rings. The number of para-hydroxylation sites is 2. The smallest absolute Gasteiger partial charge is 0.255 e. The van der Waals surface area contributed by atoms with Crippen molar-refractivity contribution in [1.82, 2.24) is 14.8 Å². The Morgan fingerprint density at radius 1 is 1.00 bits per heavy atom. The minimum atomic E-state index is -0.563. The van der Waals surface area contributed by atoms with Gasteiger partial charge in [0, 0.05) is 12.1 Å². The molecule has 0 bridgehead atoms. The van der Waals surface area contributed by atoms with Crippen LogP contribution in [-0.4, -0.2) is 46.7 Å². The number of carbonyl (C=O) groups excluding carboxylic acids is 1. The number of rotatable bonds is 12. The Kier molecular flexibility index (Phi) is 9.33. The Morgan fingerprint density at radius 2 is 1.79 bits per heavy atom. The van der Waals surface area contributed by atoms with Crippen LogP contribution in [0.1, 0.15) is 37.9 Å². The highest BCUT2D eigenvalue weighted by Gasteiger charge is 2.35. The number of amides is 1. The van der Waals surface area contributed by atoms with Crippen molar-refractivity contribution >= 4 is 29.3 Å². The van der Waals surface area contributed by atoms with E-state index in [0.717, 1.165) is 17.7 Å². The highest BCUT2D eigenvalue weighted by Crippen LogP contribution is 2.40. The molecule has 9 nitrogen and oxygen atoms in total. The molecule has 2 heterocycles. The van der Waals surface area contributed by atoms with Crippen molar-refractivity contribution in [1.29, 1.82) is 0 Å². The molecule has 0 aliphatic carbocycles. The van der Waals surface area contributed by atoms with E-state index in [1.54, 1.807) is 23.6 Å². The van der Waals surface area contributed by atoms with Crippen LogP contribution in [0.2, 0.25) is 0 Å². The first kappa shape index (κ1) is 29.1. The van der Waals surface area contributed by atoms with E-state index in [2.05, 4.69) is 34.7 Å². The highest BCUT2D eigenvalue weighted by atomic mass is 32.2.